The summed E-state index contributed by atoms with van der Waals surface area (Å²) in [5, 5.41) is 15.7. The van der Waals surface area contributed by atoms with Crippen molar-refractivity contribution in [2.24, 2.45) is 0 Å². The van der Waals surface area contributed by atoms with Gasteiger partial charge in [-0.3, -0.25) is 0 Å². The molecule has 0 amide bonds. The molecule has 1 aromatic carbocycles. The van der Waals surface area contributed by atoms with E-state index in [9.17, 15) is 0 Å². The second kappa shape index (κ2) is 7.29. The molecule has 0 bridgehead atoms. The Balaban J connectivity index is 1.44. The lowest BCUT2D eigenvalue weighted by molar-refractivity contribution is 0.277. The molecule has 0 atom stereocenters. The van der Waals surface area contributed by atoms with Crippen molar-refractivity contribution < 1.29 is 5.11 Å². The molecule has 2 heterocycles. The lowest BCUT2D eigenvalue weighted by Gasteiger charge is -2.32. The van der Waals surface area contributed by atoms with Gasteiger partial charge in [-0.2, -0.15) is 0 Å². The summed E-state index contributed by atoms with van der Waals surface area (Å²) in [5.41, 5.74) is 5.68. The summed E-state index contributed by atoms with van der Waals surface area (Å²) < 4.78 is 0. The van der Waals surface area contributed by atoms with Crippen molar-refractivity contribution in [1.29, 1.82) is 0 Å². The van der Waals surface area contributed by atoms with Crippen LogP contribution in [0.3, 0.4) is 0 Å². The summed E-state index contributed by atoms with van der Waals surface area (Å²) >= 11 is 1.76. The van der Waals surface area contributed by atoms with Gasteiger partial charge in [0.05, 0.1) is 12.3 Å². The van der Waals surface area contributed by atoms with Crippen molar-refractivity contribution in [2.75, 3.05) is 31.1 Å². The lowest BCUT2D eigenvalue weighted by atomic mass is 9.86. The molecule has 4 nitrogen and oxygen atoms in total. The first-order chi connectivity index (χ1) is 12.6. The predicted octanol–water partition coefficient (Wildman–Crippen LogP) is 3.58. The molecule has 2 aromatic rings. The van der Waals surface area contributed by atoms with E-state index in [0.29, 0.717) is 18.0 Å². The Kier molecular flexibility index (Phi) is 5.04. The van der Waals surface area contributed by atoms with Crippen molar-refractivity contribution in [1.82, 2.24) is 10.3 Å². The van der Waals surface area contributed by atoms with Crippen molar-refractivity contribution in [3.8, 4) is 11.3 Å². The Morgan fingerprint density at radius 2 is 2.12 bits per heavy atom. The van der Waals surface area contributed by atoms with Gasteiger partial charge in [-0.05, 0) is 48.3 Å². The summed E-state index contributed by atoms with van der Waals surface area (Å²) in [6, 6.07) is 7.44. The van der Waals surface area contributed by atoms with Crippen molar-refractivity contribution in [3.63, 3.8) is 0 Å². The molecule has 0 spiro atoms. The normalized spacial score (nSPS) is 19.7. The van der Waals surface area contributed by atoms with E-state index in [4.69, 9.17) is 10.1 Å². The van der Waals surface area contributed by atoms with Gasteiger partial charge < -0.3 is 15.3 Å². The van der Waals surface area contributed by atoms with Crippen LogP contribution in [0.5, 0.6) is 0 Å². The lowest BCUT2D eigenvalue weighted by Crippen LogP contribution is -2.43. The number of aryl methyl sites for hydroxylation is 1. The number of rotatable bonds is 5. The Labute approximate surface area is 160 Å². The van der Waals surface area contributed by atoms with Gasteiger partial charge in [0.2, 0.25) is 0 Å². The number of benzene rings is 1. The average molecular weight is 372 g/mol. The molecule has 2 aliphatic rings. The van der Waals surface area contributed by atoms with Gasteiger partial charge in [0.25, 0.3) is 0 Å². The molecule has 0 radical (unpaired) electrons. The van der Waals surface area contributed by atoms with Crippen molar-refractivity contribution >= 4 is 16.5 Å². The topological polar surface area (TPSA) is 48.4 Å². The number of fused-ring (bicyclic) bond motifs is 1. The standard InChI is InChI=1S/C21H29N3OS/c1-21(2)8-5-15-13-16(3-4-18(15)21)19-14-26-20(23-19)24-10-6-17(7-11-24)22-9-12-25/h3-4,13-14,17,22,25H,5-12H2,1-2H3. The Morgan fingerprint density at radius 1 is 1.31 bits per heavy atom. The van der Waals surface area contributed by atoms with Crippen LogP contribution in [0.25, 0.3) is 11.3 Å². The van der Waals surface area contributed by atoms with E-state index in [1.54, 1.807) is 11.3 Å². The van der Waals surface area contributed by atoms with Crippen LogP contribution in [-0.2, 0) is 11.8 Å². The Bertz CT molecular complexity index is 762. The molecule has 26 heavy (non-hydrogen) atoms. The van der Waals surface area contributed by atoms with E-state index in [1.807, 2.05) is 0 Å². The highest BCUT2D eigenvalue weighted by Crippen LogP contribution is 2.40. The number of aliphatic hydroxyl groups excluding tert-OH is 1. The zero-order valence-corrected chi connectivity index (χ0v) is 16.6. The molecule has 1 saturated heterocycles. The molecule has 0 saturated carbocycles. The van der Waals surface area contributed by atoms with Crippen LogP contribution in [0.1, 0.15) is 44.2 Å². The van der Waals surface area contributed by atoms with E-state index < -0.39 is 0 Å². The molecule has 1 aliphatic heterocycles. The molecule has 1 fully saturated rings. The molecular weight excluding hydrogens is 342 g/mol. The van der Waals surface area contributed by atoms with Crippen LogP contribution < -0.4 is 10.2 Å². The Hall–Kier alpha value is -1.43. The molecule has 5 heteroatoms. The number of anilines is 1. The smallest absolute Gasteiger partial charge is 0.185 e. The first kappa shape index (κ1) is 18.0. The molecule has 4 rings (SSSR count). The van der Waals surface area contributed by atoms with Gasteiger partial charge >= 0.3 is 0 Å². The first-order valence-electron chi connectivity index (χ1n) is 9.75. The predicted molar refractivity (Wildman–Crippen MR) is 109 cm³/mol. The second-order valence-electron chi connectivity index (χ2n) is 8.21. The summed E-state index contributed by atoms with van der Waals surface area (Å²) in [5.74, 6) is 0. The van der Waals surface area contributed by atoms with Gasteiger partial charge in [0.1, 0.15) is 0 Å². The minimum atomic E-state index is 0.216. The zero-order chi connectivity index (χ0) is 18.1. The molecule has 140 valence electrons. The van der Waals surface area contributed by atoms with E-state index >= 15 is 0 Å². The van der Waals surface area contributed by atoms with Crippen LogP contribution in [0.4, 0.5) is 5.13 Å². The summed E-state index contributed by atoms with van der Waals surface area (Å²) in [6.45, 7) is 7.68. The number of aromatic nitrogens is 1. The highest BCUT2D eigenvalue weighted by molar-refractivity contribution is 7.14. The maximum absolute atomic E-state index is 8.94. The number of thiazole rings is 1. The number of hydrogen-bond donors (Lipinski definition) is 2. The maximum Gasteiger partial charge on any atom is 0.185 e. The van der Waals surface area contributed by atoms with Crippen LogP contribution in [0.2, 0.25) is 0 Å². The van der Waals surface area contributed by atoms with E-state index in [2.05, 4.69) is 47.6 Å². The van der Waals surface area contributed by atoms with Gasteiger partial charge in [0, 0.05) is 36.6 Å². The van der Waals surface area contributed by atoms with Gasteiger partial charge in [-0.25, -0.2) is 4.98 Å². The van der Waals surface area contributed by atoms with Crippen LogP contribution in [0, 0.1) is 0 Å². The van der Waals surface area contributed by atoms with E-state index in [1.165, 1.54) is 29.5 Å². The van der Waals surface area contributed by atoms with E-state index in [-0.39, 0.29) is 6.61 Å². The van der Waals surface area contributed by atoms with Crippen LogP contribution >= 0.6 is 11.3 Å². The Morgan fingerprint density at radius 3 is 2.88 bits per heavy atom. The fourth-order valence-electron chi connectivity index (χ4n) is 4.29. The first-order valence-corrected chi connectivity index (χ1v) is 10.6. The number of hydrogen-bond acceptors (Lipinski definition) is 5. The van der Waals surface area contributed by atoms with E-state index in [0.717, 1.165) is 36.8 Å². The number of piperidine rings is 1. The van der Waals surface area contributed by atoms with Crippen molar-refractivity contribution in [2.45, 2.75) is 51.0 Å². The minimum absolute atomic E-state index is 0.216. The zero-order valence-electron chi connectivity index (χ0n) is 15.8. The molecule has 1 aliphatic carbocycles. The number of nitrogens with one attached hydrogen (secondary N) is 1. The van der Waals surface area contributed by atoms with Gasteiger partial charge in [-0.15, -0.1) is 11.3 Å². The third-order valence-electron chi connectivity index (χ3n) is 5.95. The highest BCUT2D eigenvalue weighted by atomic mass is 32.1. The summed E-state index contributed by atoms with van der Waals surface area (Å²) in [7, 11) is 0. The third kappa shape index (κ3) is 3.53. The highest BCUT2D eigenvalue weighted by Gasteiger charge is 2.29. The molecular formula is C21H29N3OS. The van der Waals surface area contributed by atoms with Crippen LogP contribution in [0.15, 0.2) is 23.6 Å². The number of aliphatic hydroxyl groups is 1. The fourth-order valence-corrected chi connectivity index (χ4v) is 5.18. The monoisotopic (exact) mass is 371 g/mol. The summed E-state index contributed by atoms with van der Waals surface area (Å²) in [4.78, 5) is 7.34. The van der Waals surface area contributed by atoms with Gasteiger partial charge in [0.15, 0.2) is 5.13 Å². The third-order valence-corrected chi connectivity index (χ3v) is 6.85. The van der Waals surface area contributed by atoms with Crippen LogP contribution in [-0.4, -0.2) is 42.4 Å². The molecule has 2 N–H and O–H groups in total. The quantitative estimate of drug-likeness (QED) is 0.843. The molecule has 0 unspecified atom stereocenters. The maximum atomic E-state index is 8.94. The second-order valence-corrected chi connectivity index (χ2v) is 9.05. The minimum Gasteiger partial charge on any atom is -0.395 e. The van der Waals surface area contributed by atoms with Crippen molar-refractivity contribution in [3.05, 3.63) is 34.7 Å². The SMILES string of the molecule is CC1(C)CCc2cc(-c3csc(N4CCC(NCCO)CC4)n3)ccc21. The molecule has 1 aromatic heterocycles. The number of nitrogens with zero attached hydrogens (tertiary/aromatic N) is 2. The average Bonchev–Trinajstić information content (AvgIpc) is 3.25. The fraction of sp³-hybridized carbons (Fsp3) is 0.571. The largest absolute Gasteiger partial charge is 0.395 e. The van der Waals surface area contributed by atoms with Gasteiger partial charge in [-0.1, -0.05) is 26.0 Å². The summed E-state index contributed by atoms with van der Waals surface area (Å²) in [6.07, 6.45) is 4.65.